The second-order valence-corrected chi connectivity index (χ2v) is 1.47. The van der Waals surface area contributed by atoms with Gasteiger partial charge in [0.15, 0.2) is 0 Å². The normalized spacial score (nSPS) is 23.8. The Morgan fingerprint density at radius 3 is 2.50 bits per heavy atom. The molecule has 2 N–H and O–H groups in total. The first-order valence-corrected chi connectivity index (χ1v) is 2.09. The van der Waals surface area contributed by atoms with E-state index in [1.165, 1.54) is 6.21 Å². The largest absolute Gasteiger partial charge is 0.346 e. The lowest BCUT2D eigenvalue weighted by atomic mass is 10.4. The fraction of sp³-hybridized carbons (Fsp3) is 0.667. The monoisotopic (exact) mass is 115 g/mol. The predicted molar refractivity (Wildman–Crippen MR) is 25.1 cm³/mol. The molecule has 5 nitrogen and oxygen atoms in total. The molecule has 0 saturated carbocycles. The van der Waals surface area contributed by atoms with Crippen LogP contribution in [0.15, 0.2) is 15.4 Å². The minimum Gasteiger partial charge on any atom is -0.346 e. The number of rotatable bonds is 0. The van der Waals surface area contributed by atoms with Gasteiger partial charge in [-0.2, -0.15) is 0 Å². The van der Waals surface area contributed by atoms with Gasteiger partial charge in [0.25, 0.3) is 5.91 Å². The second-order valence-electron chi connectivity index (χ2n) is 1.47. The highest BCUT2D eigenvalue weighted by Crippen LogP contribution is 2.09. The molecule has 0 aliphatic carbocycles. The van der Waals surface area contributed by atoms with Gasteiger partial charge >= 0.3 is 0 Å². The molecule has 1 aliphatic heterocycles. The van der Waals surface area contributed by atoms with Gasteiger partial charge in [-0.1, -0.05) is 0 Å². The van der Waals surface area contributed by atoms with Crippen LogP contribution in [-0.4, -0.2) is 22.3 Å². The third-order valence-electron chi connectivity index (χ3n) is 0.703. The van der Waals surface area contributed by atoms with Gasteiger partial charge in [0.1, 0.15) is 0 Å². The van der Waals surface area contributed by atoms with Crippen LogP contribution >= 0.6 is 0 Å². The van der Waals surface area contributed by atoms with Crippen LogP contribution in [0, 0.1) is 0 Å². The summed E-state index contributed by atoms with van der Waals surface area (Å²) in [6.45, 7) is 0. The highest BCUT2D eigenvalue weighted by molar-refractivity contribution is 5.58. The number of hydrogen-bond acceptors (Lipinski definition) is 5. The SMILES string of the molecule is OC1(O)CC=NN=N1. The highest BCUT2D eigenvalue weighted by atomic mass is 16.5. The molecule has 8 heavy (non-hydrogen) atoms. The van der Waals surface area contributed by atoms with E-state index < -0.39 is 5.91 Å². The molecule has 1 heterocycles. The predicted octanol–water partition coefficient (Wildman–Crippen LogP) is -0.534. The Balaban J connectivity index is 2.65. The van der Waals surface area contributed by atoms with Gasteiger partial charge in [0, 0.05) is 6.21 Å². The molecule has 5 heteroatoms. The van der Waals surface area contributed by atoms with E-state index in [9.17, 15) is 0 Å². The fourth-order valence-corrected chi connectivity index (χ4v) is 0.338. The van der Waals surface area contributed by atoms with Crippen LogP contribution in [0.1, 0.15) is 6.42 Å². The van der Waals surface area contributed by atoms with Crippen LogP contribution in [0.25, 0.3) is 0 Å². The smallest absolute Gasteiger partial charge is 0.290 e. The third kappa shape index (κ3) is 1.08. The molecular weight excluding hydrogens is 110 g/mol. The number of nitrogens with zero attached hydrogens (tertiary/aromatic N) is 3. The van der Waals surface area contributed by atoms with E-state index in [-0.39, 0.29) is 6.42 Å². The van der Waals surface area contributed by atoms with Crippen LogP contribution < -0.4 is 0 Å². The van der Waals surface area contributed by atoms with Crippen molar-refractivity contribution in [3.05, 3.63) is 0 Å². The summed E-state index contributed by atoms with van der Waals surface area (Å²) in [7, 11) is 0. The van der Waals surface area contributed by atoms with E-state index in [0.29, 0.717) is 0 Å². The van der Waals surface area contributed by atoms with Crippen molar-refractivity contribution < 1.29 is 10.2 Å². The maximum atomic E-state index is 8.58. The zero-order chi connectivity index (χ0) is 6.04. The summed E-state index contributed by atoms with van der Waals surface area (Å²) >= 11 is 0. The first kappa shape index (κ1) is 5.33. The molecule has 0 spiro atoms. The molecule has 1 aliphatic rings. The average Bonchev–Trinajstić information content (AvgIpc) is 1.65. The quantitative estimate of drug-likeness (QED) is 0.416. The lowest BCUT2D eigenvalue weighted by molar-refractivity contribution is -0.152. The molecule has 1 rings (SSSR count). The maximum absolute atomic E-state index is 8.58. The molecule has 0 aromatic heterocycles. The molecular formula is C3H5N3O2. The molecule has 0 unspecified atom stereocenters. The summed E-state index contributed by atoms with van der Waals surface area (Å²) in [5.41, 5.74) is 0. The first-order valence-electron chi connectivity index (χ1n) is 2.09. The lowest BCUT2D eigenvalue weighted by Crippen LogP contribution is -2.26. The van der Waals surface area contributed by atoms with Gasteiger partial charge in [0.2, 0.25) is 0 Å². The van der Waals surface area contributed by atoms with Crippen molar-refractivity contribution in [3.63, 3.8) is 0 Å². The van der Waals surface area contributed by atoms with Gasteiger partial charge in [0.05, 0.1) is 6.42 Å². The number of hydrogen-bond donors (Lipinski definition) is 2. The van der Waals surface area contributed by atoms with Crippen molar-refractivity contribution in [1.82, 2.24) is 0 Å². The maximum Gasteiger partial charge on any atom is 0.290 e. The van der Waals surface area contributed by atoms with Crippen molar-refractivity contribution >= 4 is 6.21 Å². The molecule has 44 valence electrons. The van der Waals surface area contributed by atoms with Crippen LogP contribution in [0.5, 0.6) is 0 Å². The van der Waals surface area contributed by atoms with Crippen LogP contribution in [-0.2, 0) is 0 Å². The topological polar surface area (TPSA) is 77.5 Å². The first-order chi connectivity index (χ1) is 3.71. The summed E-state index contributed by atoms with van der Waals surface area (Å²) in [4.78, 5) is 0. The molecule has 0 aromatic rings. The van der Waals surface area contributed by atoms with E-state index in [1.807, 2.05) is 0 Å². The van der Waals surface area contributed by atoms with E-state index in [0.717, 1.165) is 0 Å². The van der Waals surface area contributed by atoms with E-state index in [2.05, 4.69) is 15.4 Å². The Labute approximate surface area is 45.4 Å². The van der Waals surface area contributed by atoms with Crippen molar-refractivity contribution in [1.29, 1.82) is 0 Å². The molecule has 0 fully saturated rings. The molecule has 0 bridgehead atoms. The Hall–Kier alpha value is -0.810. The molecule has 0 radical (unpaired) electrons. The van der Waals surface area contributed by atoms with Gasteiger partial charge < -0.3 is 10.2 Å². The Morgan fingerprint density at radius 2 is 2.25 bits per heavy atom. The molecule has 0 amide bonds. The van der Waals surface area contributed by atoms with Gasteiger partial charge in [-0.3, -0.25) is 0 Å². The summed E-state index contributed by atoms with van der Waals surface area (Å²) in [5.74, 6) is -2.01. The van der Waals surface area contributed by atoms with Crippen LogP contribution in [0.4, 0.5) is 0 Å². The van der Waals surface area contributed by atoms with Gasteiger partial charge in [-0.25, -0.2) is 0 Å². The highest BCUT2D eigenvalue weighted by Gasteiger charge is 2.22. The van der Waals surface area contributed by atoms with Gasteiger partial charge in [-0.15, -0.1) is 10.2 Å². The average molecular weight is 115 g/mol. The van der Waals surface area contributed by atoms with Crippen LogP contribution in [0.2, 0.25) is 0 Å². The standard InChI is InChI=1S/C3H5N3O2/c7-3(8)1-2-4-6-5-3/h2,7-8H,1H2. The Bertz CT molecular complexity index is 139. The van der Waals surface area contributed by atoms with Crippen molar-refractivity contribution in [2.75, 3.05) is 0 Å². The summed E-state index contributed by atoms with van der Waals surface area (Å²) < 4.78 is 0. The molecule has 0 aromatic carbocycles. The minimum atomic E-state index is -2.01. The lowest BCUT2D eigenvalue weighted by Gasteiger charge is -2.12. The molecule has 0 atom stereocenters. The van der Waals surface area contributed by atoms with E-state index in [4.69, 9.17) is 10.2 Å². The fourth-order valence-electron chi connectivity index (χ4n) is 0.338. The zero-order valence-electron chi connectivity index (χ0n) is 4.02. The number of aliphatic hydroxyl groups is 2. The van der Waals surface area contributed by atoms with E-state index >= 15 is 0 Å². The minimum absolute atomic E-state index is 0.0104. The van der Waals surface area contributed by atoms with Crippen LogP contribution in [0.3, 0.4) is 0 Å². The van der Waals surface area contributed by atoms with Crippen molar-refractivity contribution in [2.24, 2.45) is 15.4 Å². The molecule has 0 saturated heterocycles. The second kappa shape index (κ2) is 1.61. The van der Waals surface area contributed by atoms with Crippen molar-refractivity contribution in [2.45, 2.75) is 12.3 Å². The zero-order valence-corrected chi connectivity index (χ0v) is 4.02. The van der Waals surface area contributed by atoms with Crippen molar-refractivity contribution in [3.8, 4) is 0 Å². The Kier molecular flexibility index (Phi) is 1.07. The summed E-state index contributed by atoms with van der Waals surface area (Å²) in [5, 5.41) is 26.5. The summed E-state index contributed by atoms with van der Waals surface area (Å²) in [6.07, 6.45) is 1.30. The van der Waals surface area contributed by atoms with E-state index in [1.54, 1.807) is 0 Å². The third-order valence-corrected chi connectivity index (χ3v) is 0.703. The van der Waals surface area contributed by atoms with Gasteiger partial charge in [-0.05, 0) is 5.22 Å². The summed E-state index contributed by atoms with van der Waals surface area (Å²) in [6, 6.07) is 0. The Morgan fingerprint density at radius 1 is 1.50 bits per heavy atom.